The zero-order valence-corrected chi connectivity index (χ0v) is 7.66. The van der Waals surface area contributed by atoms with Gasteiger partial charge in [0.1, 0.15) is 13.6 Å². The van der Waals surface area contributed by atoms with Gasteiger partial charge in [0.05, 0.1) is 6.16 Å². The molecule has 0 saturated carbocycles. The van der Waals surface area contributed by atoms with Gasteiger partial charge in [0.25, 0.3) is 0 Å². The molecular weight excluding hydrogens is 167 g/mol. The third kappa shape index (κ3) is 4.99. The van der Waals surface area contributed by atoms with Gasteiger partial charge >= 0.3 is 5.97 Å². The van der Waals surface area contributed by atoms with Crippen molar-refractivity contribution in [2.24, 2.45) is 0 Å². The van der Waals surface area contributed by atoms with Crippen LogP contribution in [0.3, 0.4) is 0 Å². The molecule has 0 heterocycles. The molecule has 0 aliphatic rings. The van der Waals surface area contributed by atoms with Gasteiger partial charge in [-0.15, -0.1) is 0 Å². The van der Waals surface area contributed by atoms with E-state index in [9.17, 15) is 9.36 Å². The Balaban J connectivity index is 3.73. The third-order valence-corrected chi connectivity index (χ3v) is 2.92. The number of carbonyl (C=O) groups is 1. The van der Waals surface area contributed by atoms with Crippen LogP contribution in [-0.2, 0) is 14.1 Å². The topological polar surface area (TPSA) is 63.6 Å². The van der Waals surface area contributed by atoms with Crippen LogP contribution in [0.4, 0.5) is 0 Å². The Morgan fingerprint density at radius 1 is 1.73 bits per heavy atom. The van der Waals surface area contributed by atoms with Gasteiger partial charge in [0.15, 0.2) is 0 Å². The van der Waals surface area contributed by atoms with E-state index in [1.54, 1.807) is 13.8 Å². The molecule has 0 fully saturated rings. The number of hydrogen-bond acceptors (Lipinski definition) is 3. The minimum atomic E-state index is -2.10. The normalized spacial score (nSPS) is 15.8. The summed E-state index contributed by atoms with van der Waals surface area (Å²) in [6, 6.07) is 0. The van der Waals surface area contributed by atoms with Crippen molar-refractivity contribution in [1.29, 1.82) is 0 Å². The zero-order valence-electron chi connectivity index (χ0n) is 6.66. The third-order valence-electron chi connectivity index (χ3n) is 1.20. The van der Waals surface area contributed by atoms with E-state index in [1.165, 1.54) is 0 Å². The number of carboxylic acids is 1. The molecule has 0 aliphatic heterocycles. The highest BCUT2D eigenvalue weighted by Crippen LogP contribution is 2.27. The van der Waals surface area contributed by atoms with Crippen molar-refractivity contribution in [2.45, 2.75) is 19.7 Å². The molecule has 66 valence electrons. The summed E-state index contributed by atoms with van der Waals surface area (Å²) in [6.45, 7) is 3.89. The van der Waals surface area contributed by atoms with Gasteiger partial charge in [-0.2, -0.15) is 0 Å². The first kappa shape index (κ1) is 10.7. The van der Waals surface area contributed by atoms with Gasteiger partial charge in [0.2, 0.25) is 0 Å². The summed E-state index contributed by atoms with van der Waals surface area (Å²) in [5.74, 6) is -1.44. The fourth-order valence-corrected chi connectivity index (χ4v) is 1.57. The Labute approximate surface area is 66.3 Å². The van der Waals surface area contributed by atoms with Gasteiger partial charge in [-0.1, -0.05) is 0 Å². The standard InChI is InChI=1S/C6H13O4P/c1-3-10-5(2)11(9)4-6(7)8/h5,11H,3-4H2,1-2H3,(H,7,8). The largest absolute Gasteiger partial charge is 0.481 e. The second-order valence-electron chi connectivity index (χ2n) is 2.13. The molecule has 11 heavy (non-hydrogen) atoms. The molecule has 0 aromatic rings. The molecule has 5 heteroatoms. The van der Waals surface area contributed by atoms with E-state index in [0.717, 1.165) is 0 Å². The van der Waals surface area contributed by atoms with E-state index in [-0.39, 0.29) is 6.16 Å². The molecule has 2 atom stereocenters. The van der Waals surface area contributed by atoms with Crippen LogP contribution in [0.25, 0.3) is 0 Å². The van der Waals surface area contributed by atoms with Gasteiger partial charge in [0, 0.05) is 6.61 Å². The molecule has 0 aliphatic carbocycles. The summed E-state index contributed by atoms with van der Waals surface area (Å²) in [6.07, 6.45) is -0.272. The molecule has 0 bridgehead atoms. The Morgan fingerprint density at radius 3 is 2.64 bits per heavy atom. The number of rotatable bonds is 5. The average Bonchev–Trinajstić information content (AvgIpc) is 1.86. The van der Waals surface area contributed by atoms with Crippen LogP contribution in [0.1, 0.15) is 13.8 Å². The van der Waals surface area contributed by atoms with Crippen molar-refractivity contribution < 1.29 is 19.2 Å². The summed E-state index contributed by atoms with van der Waals surface area (Å²) < 4.78 is 16.0. The van der Waals surface area contributed by atoms with Crippen LogP contribution in [-0.4, -0.2) is 29.7 Å². The second kappa shape index (κ2) is 5.33. The van der Waals surface area contributed by atoms with E-state index in [0.29, 0.717) is 6.61 Å². The zero-order chi connectivity index (χ0) is 8.85. The lowest BCUT2D eigenvalue weighted by atomic mass is 10.8. The quantitative estimate of drug-likeness (QED) is 0.641. The first-order chi connectivity index (χ1) is 5.07. The maximum absolute atomic E-state index is 11.0. The predicted octanol–water partition coefficient (Wildman–Crippen LogP) is 1.01. The lowest BCUT2D eigenvalue weighted by Crippen LogP contribution is -2.08. The molecule has 0 aromatic heterocycles. The van der Waals surface area contributed by atoms with Gasteiger partial charge in [-0.05, 0) is 13.8 Å². The molecule has 0 saturated heterocycles. The average molecular weight is 180 g/mol. The van der Waals surface area contributed by atoms with Crippen LogP contribution >= 0.6 is 7.80 Å². The fourth-order valence-electron chi connectivity index (χ4n) is 0.636. The van der Waals surface area contributed by atoms with Crippen LogP contribution in [0.2, 0.25) is 0 Å². The first-order valence-electron chi connectivity index (χ1n) is 3.44. The van der Waals surface area contributed by atoms with Crippen molar-refractivity contribution in [3.63, 3.8) is 0 Å². The summed E-state index contributed by atoms with van der Waals surface area (Å²) in [5.41, 5.74) is 0. The molecular formula is C6H13O4P. The smallest absolute Gasteiger partial charge is 0.310 e. The van der Waals surface area contributed by atoms with Crippen molar-refractivity contribution >= 4 is 13.8 Å². The number of carboxylic acid groups (broad SMARTS) is 1. The highest BCUT2D eigenvalue weighted by atomic mass is 31.1. The Kier molecular flexibility index (Phi) is 5.16. The van der Waals surface area contributed by atoms with Crippen molar-refractivity contribution in [3.8, 4) is 0 Å². The molecule has 0 spiro atoms. The number of ether oxygens (including phenoxy) is 1. The van der Waals surface area contributed by atoms with E-state index in [2.05, 4.69) is 0 Å². The molecule has 2 unspecified atom stereocenters. The molecule has 1 N–H and O–H groups in total. The highest BCUT2D eigenvalue weighted by molar-refractivity contribution is 7.46. The monoisotopic (exact) mass is 180 g/mol. The van der Waals surface area contributed by atoms with E-state index in [4.69, 9.17) is 9.84 Å². The summed E-state index contributed by atoms with van der Waals surface area (Å²) in [7, 11) is -2.10. The van der Waals surface area contributed by atoms with Crippen molar-refractivity contribution in [1.82, 2.24) is 0 Å². The van der Waals surface area contributed by atoms with Crippen LogP contribution in [0.15, 0.2) is 0 Å². The number of hydrogen-bond donors (Lipinski definition) is 1. The fraction of sp³-hybridized carbons (Fsp3) is 0.833. The van der Waals surface area contributed by atoms with Gasteiger partial charge in [-0.3, -0.25) is 4.79 Å². The maximum Gasteiger partial charge on any atom is 0.310 e. The van der Waals surface area contributed by atoms with E-state index >= 15 is 0 Å². The van der Waals surface area contributed by atoms with E-state index < -0.39 is 19.6 Å². The minimum Gasteiger partial charge on any atom is -0.481 e. The Morgan fingerprint density at radius 2 is 2.27 bits per heavy atom. The SMILES string of the molecule is CCOC(C)[PH](=O)CC(=O)O. The minimum absolute atomic E-state index is 0.272. The second-order valence-corrected chi connectivity index (χ2v) is 4.23. The van der Waals surface area contributed by atoms with Crippen molar-refractivity contribution in [2.75, 3.05) is 12.8 Å². The summed E-state index contributed by atoms with van der Waals surface area (Å²) in [5, 5.41) is 8.27. The highest BCUT2D eigenvalue weighted by Gasteiger charge is 2.13. The van der Waals surface area contributed by atoms with Crippen LogP contribution < -0.4 is 0 Å². The molecule has 0 rings (SSSR count). The van der Waals surface area contributed by atoms with Crippen molar-refractivity contribution in [3.05, 3.63) is 0 Å². The van der Waals surface area contributed by atoms with E-state index in [1.807, 2.05) is 0 Å². The molecule has 0 amide bonds. The molecule has 0 aromatic carbocycles. The molecule has 0 radical (unpaired) electrons. The Hall–Kier alpha value is -0.340. The molecule has 4 nitrogen and oxygen atoms in total. The van der Waals surface area contributed by atoms with Crippen LogP contribution in [0.5, 0.6) is 0 Å². The van der Waals surface area contributed by atoms with Crippen LogP contribution in [0, 0.1) is 0 Å². The first-order valence-corrected chi connectivity index (χ1v) is 5.13. The van der Waals surface area contributed by atoms with Gasteiger partial charge in [-0.25, -0.2) is 0 Å². The lowest BCUT2D eigenvalue weighted by molar-refractivity contribution is -0.134. The Bertz CT molecular complexity index is 157. The van der Waals surface area contributed by atoms with Gasteiger partial charge < -0.3 is 14.4 Å². The summed E-state index contributed by atoms with van der Waals surface area (Å²) in [4.78, 5) is 10.1. The lowest BCUT2D eigenvalue weighted by Gasteiger charge is -2.08. The predicted molar refractivity (Wildman–Crippen MR) is 42.6 cm³/mol. The summed E-state index contributed by atoms with van der Waals surface area (Å²) >= 11 is 0. The maximum atomic E-state index is 11.0. The number of aliphatic carboxylic acids is 1.